The zero-order valence-electron chi connectivity index (χ0n) is 13.1. The first-order chi connectivity index (χ1) is 11.4. The number of carboxylic acids is 1. The molecule has 1 heterocycles. The van der Waals surface area contributed by atoms with Gasteiger partial charge >= 0.3 is 5.97 Å². The Balaban J connectivity index is 2.21. The van der Waals surface area contributed by atoms with Crippen molar-refractivity contribution in [3.8, 4) is 0 Å². The molecule has 0 amide bonds. The molecule has 24 heavy (non-hydrogen) atoms. The van der Waals surface area contributed by atoms with Gasteiger partial charge in [0.15, 0.2) is 0 Å². The molecule has 0 spiro atoms. The summed E-state index contributed by atoms with van der Waals surface area (Å²) in [5.41, 5.74) is 0.776. The van der Waals surface area contributed by atoms with Gasteiger partial charge in [0.05, 0.1) is 35.2 Å². The average Bonchev–Trinajstić information content (AvgIpc) is 2.59. The summed E-state index contributed by atoms with van der Waals surface area (Å²) in [5, 5.41) is 8.90. The number of nitrogens with one attached hydrogen (secondary N) is 1. The number of methoxy groups -OCH3 is 1. The molecule has 0 saturated carbocycles. The van der Waals surface area contributed by atoms with E-state index in [2.05, 4.69) is 4.98 Å². The van der Waals surface area contributed by atoms with Crippen LogP contribution in [0.25, 0.3) is 0 Å². The van der Waals surface area contributed by atoms with E-state index in [9.17, 15) is 9.00 Å². The summed E-state index contributed by atoms with van der Waals surface area (Å²) in [4.78, 5) is 15.4. The lowest BCUT2D eigenvalue weighted by molar-refractivity contribution is 0.0615. The van der Waals surface area contributed by atoms with E-state index in [1.165, 1.54) is 30.5 Å². The highest BCUT2D eigenvalue weighted by atomic mass is 32.2. The highest BCUT2D eigenvalue weighted by Gasteiger charge is 2.15. The number of carboxylic acid groups (broad SMARTS) is 1. The molecular formula is C16H18N2O5S. The Bertz CT molecular complexity index is 803. The van der Waals surface area contributed by atoms with Gasteiger partial charge in [0.2, 0.25) is 0 Å². The first-order valence-electron chi connectivity index (χ1n) is 7.08. The first-order valence-corrected chi connectivity index (χ1v) is 8.64. The Morgan fingerprint density at radius 3 is 2.54 bits per heavy atom. The second kappa shape index (κ2) is 8.00. The molecule has 2 N–H and O–H groups in total. The van der Waals surface area contributed by atoms with E-state index in [4.69, 9.17) is 19.4 Å². The number of pyridine rings is 1. The van der Waals surface area contributed by atoms with Crippen molar-refractivity contribution in [3.63, 3.8) is 0 Å². The van der Waals surface area contributed by atoms with Crippen molar-refractivity contribution in [1.82, 2.24) is 4.98 Å². The molecule has 0 bridgehead atoms. The maximum Gasteiger partial charge on any atom is 0.335 e. The predicted octanol–water partition coefficient (Wildman–Crippen LogP) is 2.41. The van der Waals surface area contributed by atoms with Crippen LogP contribution >= 0.6 is 0 Å². The Kier molecular flexibility index (Phi) is 6.02. The van der Waals surface area contributed by atoms with E-state index in [0.717, 1.165) is 0 Å². The second-order valence-electron chi connectivity index (χ2n) is 4.96. The van der Waals surface area contributed by atoms with Crippen LogP contribution in [0, 0.1) is 4.78 Å². The minimum atomic E-state index is -3.27. The van der Waals surface area contributed by atoms with Crippen LogP contribution in [0.5, 0.6) is 0 Å². The van der Waals surface area contributed by atoms with Gasteiger partial charge in [-0.05, 0) is 35.9 Å². The van der Waals surface area contributed by atoms with Gasteiger partial charge in [0.1, 0.15) is 9.73 Å². The molecule has 0 radical (unpaired) electrons. The number of rotatable bonds is 8. The standard InChI is InChI=1S/C16H18N2O5S/c1-22-6-7-23-11-12-8-15(10-18-9-12)24(17,21)14-4-2-13(3-5-14)16(19)20/h2-5,8-10,17H,6-7,11H2,1H3,(H,19,20). The van der Waals surface area contributed by atoms with E-state index >= 15 is 0 Å². The number of carbonyl (C=O) groups is 1. The second-order valence-corrected chi connectivity index (χ2v) is 7.02. The SMILES string of the molecule is COCCOCc1cncc(S(=N)(=O)c2ccc(C(=O)O)cc2)c1. The zero-order chi connectivity index (χ0) is 17.6. The monoisotopic (exact) mass is 350 g/mol. The number of benzene rings is 1. The average molecular weight is 350 g/mol. The van der Waals surface area contributed by atoms with Crippen LogP contribution in [0.1, 0.15) is 15.9 Å². The van der Waals surface area contributed by atoms with Crippen molar-refractivity contribution in [3.05, 3.63) is 53.9 Å². The summed E-state index contributed by atoms with van der Waals surface area (Å²) < 4.78 is 31.3. The van der Waals surface area contributed by atoms with Crippen molar-refractivity contribution in [1.29, 1.82) is 4.78 Å². The van der Waals surface area contributed by atoms with Gasteiger partial charge in [-0.3, -0.25) is 4.98 Å². The minimum Gasteiger partial charge on any atom is -0.478 e. The number of nitrogens with zero attached hydrogens (tertiary/aromatic N) is 1. The highest BCUT2D eigenvalue weighted by Crippen LogP contribution is 2.22. The molecule has 1 aromatic heterocycles. The third kappa shape index (κ3) is 4.38. The fourth-order valence-electron chi connectivity index (χ4n) is 1.96. The molecule has 0 aliphatic rings. The van der Waals surface area contributed by atoms with Gasteiger partial charge in [-0.15, -0.1) is 0 Å². The third-order valence-corrected chi connectivity index (χ3v) is 5.06. The van der Waals surface area contributed by atoms with Gasteiger partial charge in [0.25, 0.3) is 0 Å². The van der Waals surface area contributed by atoms with Gasteiger partial charge in [0, 0.05) is 19.5 Å². The number of aromatic carboxylic acids is 1. The first kappa shape index (κ1) is 18.1. The smallest absolute Gasteiger partial charge is 0.335 e. The third-order valence-electron chi connectivity index (χ3n) is 3.24. The van der Waals surface area contributed by atoms with Gasteiger partial charge in [-0.2, -0.15) is 0 Å². The molecule has 2 rings (SSSR count). The van der Waals surface area contributed by atoms with E-state index in [1.54, 1.807) is 19.4 Å². The molecule has 7 nitrogen and oxygen atoms in total. The van der Waals surface area contributed by atoms with Crippen molar-refractivity contribution in [2.75, 3.05) is 20.3 Å². The summed E-state index contributed by atoms with van der Waals surface area (Å²) in [5.74, 6) is -1.07. The molecule has 1 aromatic carbocycles. The molecule has 1 atom stereocenters. The Labute approximate surface area is 140 Å². The molecule has 128 valence electrons. The number of hydrogen-bond acceptors (Lipinski definition) is 6. The summed E-state index contributed by atoms with van der Waals surface area (Å²) in [6.07, 6.45) is 2.96. The molecule has 0 aliphatic heterocycles. The fraction of sp³-hybridized carbons (Fsp3) is 0.250. The Hall–Kier alpha value is -2.29. The Morgan fingerprint density at radius 2 is 1.92 bits per heavy atom. The van der Waals surface area contributed by atoms with E-state index in [1.807, 2.05) is 0 Å². The van der Waals surface area contributed by atoms with Crippen LogP contribution in [0.4, 0.5) is 0 Å². The normalized spacial score (nSPS) is 13.4. The molecule has 0 aliphatic carbocycles. The van der Waals surface area contributed by atoms with Crippen LogP contribution in [-0.2, 0) is 25.8 Å². The van der Waals surface area contributed by atoms with Crippen LogP contribution in [0.3, 0.4) is 0 Å². The van der Waals surface area contributed by atoms with Crippen LogP contribution in [-0.4, -0.2) is 40.6 Å². The maximum absolute atomic E-state index is 12.8. The van der Waals surface area contributed by atoms with E-state index in [0.29, 0.717) is 18.8 Å². The van der Waals surface area contributed by atoms with E-state index < -0.39 is 15.7 Å². The van der Waals surface area contributed by atoms with Gasteiger partial charge in [-0.1, -0.05) is 0 Å². The number of aromatic nitrogens is 1. The topological polar surface area (TPSA) is 110 Å². The van der Waals surface area contributed by atoms with Crippen LogP contribution in [0.2, 0.25) is 0 Å². The quantitative estimate of drug-likeness (QED) is 0.708. The summed E-state index contributed by atoms with van der Waals surface area (Å²) in [6.45, 7) is 1.17. The van der Waals surface area contributed by atoms with Gasteiger partial charge < -0.3 is 14.6 Å². The van der Waals surface area contributed by atoms with Crippen molar-refractivity contribution in [2.24, 2.45) is 0 Å². The van der Waals surface area contributed by atoms with Crippen molar-refractivity contribution in [2.45, 2.75) is 16.4 Å². The van der Waals surface area contributed by atoms with Crippen molar-refractivity contribution < 1.29 is 23.6 Å². The number of hydrogen-bond donors (Lipinski definition) is 2. The van der Waals surface area contributed by atoms with E-state index in [-0.39, 0.29) is 22.0 Å². The number of ether oxygens (including phenoxy) is 2. The molecular weight excluding hydrogens is 332 g/mol. The summed E-state index contributed by atoms with van der Waals surface area (Å²) in [7, 11) is -1.70. The zero-order valence-corrected chi connectivity index (χ0v) is 13.9. The Morgan fingerprint density at radius 1 is 1.21 bits per heavy atom. The minimum absolute atomic E-state index is 0.0763. The summed E-state index contributed by atoms with van der Waals surface area (Å²) in [6, 6.07) is 7.05. The fourth-order valence-corrected chi connectivity index (χ4v) is 3.28. The summed E-state index contributed by atoms with van der Waals surface area (Å²) >= 11 is 0. The predicted molar refractivity (Wildman–Crippen MR) is 86.6 cm³/mol. The molecule has 8 heteroatoms. The lowest BCUT2D eigenvalue weighted by atomic mass is 10.2. The lowest BCUT2D eigenvalue weighted by Gasteiger charge is -2.10. The molecule has 0 saturated heterocycles. The largest absolute Gasteiger partial charge is 0.478 e. The lowest BCUT2D eigenvalue weighted by Crippen LogP contribution is -2.05. The van der Waals surface area contributed by atoms with Crippen molar-refractivity contribution >= 4 is 15.7 Å². The molecule has 0 fully saturated rings. The van der Waals surface area contributed by atoms with Crippen LogP contribution < -0.4 is 0 Å². The molecule has 2 aromatic rings. The maximum atomic E-state index is 12.8. The van der Waals surface area contributed by atoms with Gasteiger partial charge in [-0.25, -0.2) is 13.8 Å². The van der Waals surface area contributed by atoms with Crippen LogP contribution in [0.15, 0.2) is 52.5 Å². The molecule has 1 unspecified atom stereocenters. The highest BCUT2D eigenvalue weighted by molar-refractivity contribution is 7.92.